The number of carbonyl (C=O) groups is 1. The van der Waals surface area contributed by atoms with Gasteiger partial charge in [0.1, 0.15) is 13.2 Å². The fourth-order valence-corrected chi connectivity index (χ4v) is 3.07. The number of hydrogen-bond acceptors (Lipinski definition) is 4. The van der Waals surface area contributed by atoms with Gasteiger partial charge >= 0.3 is 0 Å². The lowest BCUT2D eigenvalue weighted by Gasteiger charge is -2.21. The number of nitrogens with one attached hydrogen (secondary N) is 1. The highest BCUT2D eigenvalue weighted by atomic mass is 16.6. The van der Waals surface area contributed by atoms with E-state index in [0.29, 0.717) is 36.4 Å². The van der Waals surface area contributed by atoms with E-state index in [0.717, 1.165) is 22.4 Å². The highest BCUT2D eigenvalue weighted by Gasteiger charge is 2.18. The number of para-hydroxylation sites is 1. The fourth-order valence-electron chi connectivity index (χ4n) is 3.07. The SMILES string of the molecule is COc1cc(/C=C/C(=O)Nc2c(C)cccc2C(C)C)cc2c1OCCO2. The number of fused-ring (bicyclic) bond motifs is 1. The lowest BCUT2D eigenvalue weighted by molar-refractivity contribution is -0.111. The summed E-state index contributed by atoms with van der Waals surface area (Å²) in [7, 11) is 1.58. The van der Waals surface area contributed by atoms with E-state index in [1.165, 1.54) is 6.08 Å². The topological polar surface area (TPSA) is 56.8 Å². The quantitative estimate of drug-likeness (QED) is 0.788. The molecule has 0 aliphatic carbocycles. The van der Waals surface area contributed by atoms with Gasteiger partial charge in [-0.1, -0.05) is 32.0 Å². The van der Waals surface area contributed by atoms with Crippen LogP contribution in [0, 0.1) is 6.92 Å². The third-order valence-electron chi connectivity index (χ3n) is 4.45. The molecule has 1 aliphatic rings. The Kier molecular flexibility index (Phi) is 5.69. The maximum atomic E-state index is 12.5. The van der Waals surface area contributed by atoms with Crippen LogP contribution >= 0.6 is 0 Å². The van der Waals surface area contributed by atoms with Gasteiger partial charge in [0.05, 0.1) is 7.11 Å². The minimum atomic E-state index is -0.181. The van der Waals surface area contributed by atoms with Crippen molar-refractivity contribution in [3.05, 3.63) is 53.1 Å². The maximum absolute atomic E-state index is 12.5. The van der Waals surface area contributed by atoms with Gasteiger partial charge < -0.3 is 19.5 Å². The number of anilines is 1. The Bertz CT molecular complexity index is 854. The lowest BCUT2D eigenvalue weighted by Crippen LogP contribution is -2.16. The Hall–Kier alpha value is -2.95. The van der Waals surface area contributed by atoms with Crippen LogP contribution in [-0.2, 0) is 4.79 Å². The molecule has 2 aromatic rings. The fraction of sp³-hybridized carbons (Fsp3) is 0.318. The lowest BCUT2D eigenvalue weighted by atomic mass is 9.98. The summed E-state index contributed by atoms with van der Waals surface area (Å²) >= 11 is 0. The summed E-state index contributed by atoms with van der Waals surface area (Å²) in [4.78, 5) is 12.5. The number of amides is 1. The molecule has 1 aliphatic heterocycles. The van der Waals surface area contributed by atoms with Gasteiger partial charge in [0, 0.05) is 11.8 Å². The van der Waals surface area contributed by atoms with E-state index < -0.39 is 0 Å². The van der Waals surface area contributed by atoms with Crippen molar-refractivity contribution in [3.63, 3.8) is 0 Å². The number of ether oxygens (including phenoxy) is 3. The molecule has 0 unspecified atom stereocenters. The van der Waals surface area contributed by atoms with Gasteiger partial charge in [-0.15, -0.1) is 0 Å². The zero-order valence-corrected chi connectivity index (χ0v) is 16.2. The zero-order valence-electron chi connectivity index (χ0n) is 16.2. The van der Waals surface area contributed by atoms with E-state index in [1.807, 2.05) is 37.3 Å². The largest absolute Gasteiger partial charge is 0.493 e. The Morgan fingerprint density at radius 2 is 2.00 bits per heavy atom. The molecule has 0 aromatic heterocycles. The Balaban J connectivity index is 1.80. The second-order valence-electron chi connectivity index (χ2n) is 6.76. The van der Waals surface area contributed by atoms with Crippen LogP contribution < -0.4 is 19.5 Å². The van der Waals surface area contributed by atoms with Crippen molar-refractivity contribution >= 4 is 17.7 Å². The zero-order chi connectivity index (χ0) is 19.4. The van der Waals surface area contributed by atoms with Gasteiger partial charge in [-0.2, -0.15) is 0 Å². The van der Waals surface area contributed by atoms with Crippen molar-refractivity contribution in [2.45, 2.75) is 26.7 Å². The molecule has 5 nitrogen and oxygen atoms in total. The van der Waals surface area contributed by atoms with Gasteiger partial charge in [0.15, 0.2) is 11.5 Å². The molecule has 0 radical (unpaired) electrons. The predicted molar refractivity (Wildman–Crippen MR) is 107 cm³/mol. The summed E-state index contributed by atoms with van der Waals surface area (Å²) in [5.74, 6) is 1.97. The molecule has 3 rings (SSSR count). The molecular weight excluding hydrogens is 342 g/mol. The molecule has 142 valence electrons. The molecule has 27 heavy (non-hydrogen) atoms. The number of hydrogen-bond donors (Lipinski definition) is 1. The molecular formula is C22H25NO4. The Morgan fingerprint density at radius 3 is 2.74 bits per heavy atom. The van der Waals surface area contributed by atoms with Gasteiger partial charge in [-0.05, 0) is 47.7 Å². The number of rotatable bonds is 5. The molecule has 5 heteroatoms. The van der Waals surface area contributed by atoms with Crippen LogP contribution in [0.25, 0.3) is 6.08 Å². The van der Waals surface area contributed by atoms with Gasteiger partial charge in [0.25, 0.3) is 0 Å². The highest BCUT2D eigenvalue weighted by Crippen LogP contribution is 2.40. The van der Waals surface area contributed by atoms with E-state index in [-0.39, 0.29) is 5.91 Å². The molecule has 1 amide bonds. The van der Waals surface area contributed by atoms with Crippen molar-refractivity contribution in [2.75, 3.05) is 25.6 Å². The number of methoxy groups -OCH3 is 1. The van der Waals surface area contributed by atoms with Crippen LogP contribution in [-0.4, -0.2) is 26.2 Å². The van der Waals surface area contributed by atoms with Crippen molar-refractivity contribution in [1.29, 1.82) is 0 Å². The standard InChI is InChI=1S/C22H25NO4/c1-14(2)17-7-5-6-15(3)21(17)23-20(24)9-8-16-12-18(25-4)22-19(13-16)26-10-11-27-22/h5-9,12-14H,10-11H2,1-4H3,(H,23,24)/b9-8+. The molecule has 2 aromatic carbocycles. The van der Waals surface area contributed by atoms with E-state index >= 15 is 0 Å². The first kappa shape index (κ1) is 18.8. The van der Waals surface area contributed by atoms with E-state index in [1.54, 1.807) is 13.2 Å². The number of carbonyl (C=O) groups excluding carboxylic acids is 1. The normalized spacial score (nSPS) is 13.1. The maximum Gasteiger partial charge on any atom is 0.248 e. The summed E-state index contributed by atoms with van der Waals surface area (Å²) in [6.45, 7) is 7.21. The van der Waals surface area contributed by atoms with E-state index in [4.69, 9.17) is 14.2 Å². The smallest absolute Gasteiger partial charge is 0.248 e. The summed E-state index contributed by atoms with van der Waals surface area (Å²) < 4.78 is 16.6. The second kappa shape index (κ2) is 8.16. The molecule has 0 saturated carbocycles. The molecule has 1 heterocycles. The van der Waals surface area contributed by atoms with Crippen molar-refractivity contribution in [3.8, 4) is 17.2 Å². The molecule has 0 fully saturated rings. The first-order valence-electron chi connectivity index (χ1n) is 9.05. The molecule has 0 saturated heterocycles. The summed E-state index contributed by atoms with van der Waals surface area (Å²) in [5.41, 5.74) is 3.85. The average molecular weight is 367 g/mol. The van der Waals surface area contributed by atoms with Crippen LogP contribution in [0.1, 0.15) is 36.5 Å². The first-order chi connectivity index (χ1) is 13.0. The summed E-state index contributed by atoms with van der Waals surface area (Å²) in [5, 5.41) is 3.01. The minimum absolute atomic E-state index is 0.181. The third-order valence-corrected chi connectivity index (χ3v) is 4.45. The monoisotopic (exact) mass is 367 g/mol. The van der Waals surface area contributed by atoms with Crippen LogP contribution in [0.3, 0.4) is 0 Å². The third kappa shape index (κ3) is 4.25. The number of aryl methyl sites for hydroxylation is 1. The van der Waals surface area contributed by atoms with Crippen molar-refractivity contribution in [2.24, 2.45) is 0 Å². The molecule has 0 spiro atoms. The first-order valence-corrected chi connectivity index (χ1v) is 9.05. The predicted octanol–water partition coefficient (Wildman–Crippen LogP) is 4.55. The highest BCUT2D eigenvalue weighted by molar-refractivity contribution is 6.03. The summed E-state index contributed by atoms with van der Waals surface area (Å²) in [6.07, 6.45) is 3.25. The average Bonchev–Trinajstić information content (AvgIpc) is 2.67. The van der Waals surface area contributed by atoms with Gasteiger partial charge in [-0.3, -0.25) is 4.79 Å². The Morgan fingerprint density at radius 1 is 1.22 bits per heavy atom. The molecule has 1 N–H and O–H groups in total. The van der Waals surface area contributed by atoms with Gasteiger partial charge in [-0.25, -0.2) is 0 Å². The van der Waals surface area contributed by atoms with Crippen LogP contribution in [0.15, 0.2) is 36.4 Å². The Labute approximate surface area is 159 Å². The van der Waals surface area contributed by atoms with E-state index in [2.05, 4.69) is 19.2 Å². The van der Waals surface area contributed by atoms with Crippen LogP contribution in [0.5, 0.6) is 17.2 Å². The molecule has 0 atom stereocenters. The number of benzene rings is 2. The van der Waals surface area contributed by atoms with Crippen LogP contribution in [0.4, 0.5) is 5.69 Å². The second-order valence-corrected chi connectivity index (χ2v) is 6.76. The van der Waals surface area contributed by atoms with Gasteiger partial charge in [0.2, 0.25) is 11.7 Å². The van der Waals surface area contributed by atoms with Crippen molar-refractivity contribution < 1.29 is 19.0 Å². The van der Waals surface area contributed by atoms with E-state index in [9.17, 15) is 4.79 Å². The van der Waals surface area contributed by atoms with Crippen LogP contribution in [0.2, 0.25) is 0 Å². The van der Waals surface area contributed by atoms with Crippen molar-refractivity contribution in [1.82, 2.24) is 0 Å². The minimum Gasteiger partial charge on any atom is -0.493 e. The molecule has 0 bridgehead atoms. The summed E-state index contributed by atoms with van der Waals surface area (Å²) in [6, 6.07) is 9.72.